The molecule has 2 aromatic rings. The minimum Gasteiger partial charge on any atom is -0.508 e. The molecular formula is C37H52N2O4. The van der Waals surface area contributed by atoms with Crippen molar-refractivity contribution in [2.24, 2.45) is 11.8 Å². The molecule has 2 aliphatic carbocycles. The van der Waals surface area contributed by atoms with E-state index < -0.39 is 11.0 Å². The van der Waals surface area contributed by atoms with Gasteiger partial charge in [-0.05, 0) is 99.4 Å². The molecule has 1 aliphatic heterocycles. The number of aryl methyl sites for hydroxylation is 1. The summed E-state index contributed by atoms with van der Waals surface area (Å²) in [4.78, 5) is 31.3. The number of rotatable bonds is 13. The fourth-order valence-corrected chi connectivity index (χ4v) is 7.97. The average molecular weight is 589 g/mol. The van der Waals surface area contributed by atoms with Gasteiger partial charge in [-0.1, -0.05) is 62.7 Å². The maximum Gasteiger partial charge on any atom is 0.303 e. The number of benzene rings is 2. The first kappa shape index (κ1) is 31.6. The van der Waals surface area contributed by atoms with Crippen LogP contribution in [0, 0.1) is 11.8 Å². The molecule has 6 nitrogen and oxygen atoms in total. The molecule has 0 spiro atoms. The molecule has 3 fully saturated rings. The van der Waals surface area contributed by atoms with Crippen LogP contribution in [-0.2, 0) is 26.2 Å². The topological polar surface area (TPSA) is 70.1 Å². The van der Waals surface area contributed by atoms with Crippen LogP contribution in [0.1, 0.15) is 96.1 Å². The third-order valence-electron chi connectivity index (χ3n) is 10.1. The molecule has 6 heteroatoms. The lowest BCUT2D eigenvalue weighted by atomic mass is 9.54. The highest BCUT2D eigenvalue weighted by Gasteiger charge is 2.61. The summed E-state index contributed by atoms with van der Waals surface area (Å²) in [5, 5.41) is 10.6. The molecule has 3 atom stereocenters. The number of piperidine rings is 1. The highest BCUT2D eigenvalue weighted by atomic mass is 16.6. The second kappa shape index (κ2) is 13.8. The molecule has 1 heterocycles. The SMILES string of the molecule is CC(=O)O[C@]12CC[C@@H](N(CC(C)C)C(=O)CCCCCc3ccccc3)C[C@]1(c1cccc(O)c1)CCN(CC1CC1)C2. The van der Waals surface area contributed by atoms with Gasteiger partial charge in [-0.3, -0.25) is 14.5 Å². The third kappa shape index (κ3) is 7.63. The fraction of sp³-hybridized carbons (Fsp3) is 0.622. The summed E-state index contributed by atoms with van der Waals surface area (Å²) >= 11 is 0. The predicted octanol–water partition coefficient (Wildman–Crippen LogP) is 6.89. The number of aromatic hydroxyl groups is 1. The normalized spacial score (nSPS) is 25.7. The number of phenolic OH excluding ortho intramolecular Hbond substituents is 1. The first-order chi connectivity index (χ1) is 20.7. The lowest BCUT2D eigenvalue weighted by Gasteiger charge is -2.60. The third-order valence-corrected chi connectivity index (χ3v) is 10.1. The summed E-state index contributed by atoms with van der Waals surface area (Å²) in [5.74, 6) is 1.35. The highest BCUT2D eigenvalue weighted by molar-refractivity contribution is 5.76. The molecule has 3 aliphatic rings. The number of hydrogen-bond acceptors (Lipinski definition) is 5. The minimum atomic E-state index is -0.680. The van der Waals surface area contributed by atoms with E-state index in [2.05, 4.69) is 60.0 Å². The summed E-state index contributed by atoms with van der Waals surface area (Å²) in [7, 11) is 0. The van der Waals surface area contributed by atoms with E-state index in [0.717, 1.165) is 76.1 Å². The van der Waals surface area contributed by atoms with Crippen LogP contribution in [0.5, 0.6) is 5.75 Å². The first-order valence-electron chi connectivity index (χ1n) is 16.7. The molecule has 0 unspecified atom stereocenters. The van der Waals surface area contributed by atoms with Crippen LogP contribution in [0.15, 0.2) is 54.6 Å². The van der Waals surface area contributed by atoms with Crippen molar-refractivity contribution in [3.05, 3.63) is 65.7 Å². The van der Waals surface area contributed by atoms with Crippen LogP contribution >= 0.6 is 0 Å². The summed E-state index contributed by atoms with van der Waals surface area (Å²) in [5.41, 5.74) is 1.24. The van der Waals surface area contributed by atoms with Gasteiger partial charge in [-0.2, -0.15) is 0 Å². The van der Waals surface area contributed by atoms with Crippen molar-refractivity contribution in [3.63, 3.8) is 0 Å². The number of fused-ring (bicyclic) bond motifs is 1. The van der Waals surface area contributed by atoms with Gasteiger partial charge in [0, 0.05) is 44.4 Å². The van der Waals surface area contributed by atoms with Gasteiger partial charge in [-0.25, -0.2) is 0 Å². The zero-order valence-electron chi connectivity index (χ0n) is 26.6. The van der Waals surface area contributed by atoms with Crippen LogP contribution in [-0.4, -0.2) is 64.6 Å². The quantitative estimate of drug-likeness (QED) is 0.204. The summed E-state index contributed by atoms with van der Waals surface area (Å²) in [6.45, 7) is 9.34. The Bertz CT molecular complexity index is 1230. The molecule has 43 heavy (non-hydrogen) atoms. The van der Waals surface area contributed by atoms with Crippen molar-refractivity contribution in [1.82, 2.24) is 9.80 Å². The van der Waals surface area contributed by atoms with Crippen molar-refractivity contribution in [2.45, 2.75) is 108 Å². The van der Waals surface area contributed by atoms with Crippen LogP contribution in [0.4, 0.5) is 0 Å². The lowest BCUT2D eigenvalue weighted by molar-refractivity contribution is -0.190. The average Bonchev–Trinajstić information content (AvgIpc) is 3.79. The Labute approximate surface area is 258 Å². The van der Waals surface area contributed by atoms with Gasteiger partial charge in [0.25, 0.3) is 0 Å². The number of carbonyl (C=O) groups excluding carboxylic acids is 2. The van der Waals surface area contributed by atoms with E-state index in [4.69, 9.17) is 4.74 Å². The van der Waals surface area contributed by atoms with Gasteiger partial charge in [0.15, 0.2) is 0 Å². The van der Waals surface area contributed by atoms with Crippen LogP contribution in [0.2, 0.25) is 0 Å². The fourth-order valence-electron chi connectivity index (χ4n) is 7.97. The Kier molecular flexibility index (Phi) is 10.2. The Morgan fingerprint density at radius 2 is 1.81 bits per heavy atom. The number of nitrogens with zero attached hydrogens (tertiary/aromatic N) is 2. The maximum absolute atomic E-state index is 13.9. The Hall–Kier alpha value is -2.86. The predicted molar refractivity (Wildman–Crippen MR) is 171 cm³/mol. The number of phenols is 1. The van der Waals surface area contributed by atoms with Crippen molar-refractivity contribution in [1.29, 1.82) is 0 Å². The van der Waals surface area contributed by atoms with Crippen molar-refractivity contribution >= 4 is 11.9 Å². The maximum atomic E-state index is 13.9. The Balaban J connectivity index is 1.36. The van der Waals surface area contributed by atoms with Gasteiger partial charge in [-0.15, -0.1) is 0 Å². The summed E-state index contributed by atoms with van der Waals surface area (Å²) < 4.78 is 6.44. The minimum absolute atomic E-state index is 0.0697. The standard InChI is InChI=1S/C37H52N2O4/c1-28(2)25-39(35(42)16-9-5-8-13-30-11-6-4-7-12-30)33-19-20-37(43-29(3)40)27-38(26-31-17-18-31)22-21-36(37,24-33)32-14-10-15-34(41)23-32/h4,6-7,10-12,14-15,23,28,31,33,41H,5,8-9,13,16-22,24-27H2,1-3H3/t33-,36+,37+/m1/s1. The highest BCUT2D eigenvalue weighted by Crippen LogP contribution is 2.55. The lowest BCUT2D eigenvalue weighted by Crippen LogP contribution is -2.69. The Morgan fingerprint density at radius 3 is 2.51 bits per heavy atom. The van der Waals surface area contributed by atoms with Crippen molar-refractivity contribution in [2.75, 3.05) is 26.2 Å². The van der Waals surface area contributed by atoms with Gasteiger partial charge in [0.05, 0.1) is 0 Å². The van der Waals surface area contributed by atoms with Crippen LogP contribution < -0.4 is 0 Å². The number of amides is 1. The molecule has 5 rings (SSSR count). The van der Waals surface area contributed by atoms with Gasteiger partial charge >= 0.3 is 5.97 Å². The van der Waals surface area contributed by atoms with E-state index in [1.54, 1.807) is 6.07 Å². The molecule has 2 saturated carbocycles. The second-order valence-corrected chi connectivity index (χ2v) is 14.0. The van der Waals surface area contributed by atoms with E-state index in [1.165, 1.54) is 25.3 Å². The molecule has 0 bridgehead atoms. The molecule has 0 radical (unpaired) electrons. The van der Waals surface area contributed by atoms with E-state index >= 15 is 0 Å². The van der Waals surface area contributed by atoms with Gasteiger partial charge < -0.3 is 14.7 Å². The van der Waals surface area contributed by atoms with Gasteiger partial charge in [0.2, 0.25) is 5.91 Å². The molecular weight excluding hydrogens is 536 g/mol. The van der Waals surface area contributed by atoms with Crippen molar-refractivity contribution in [3.8, 4) is 5.75 Å². The molecule has 2 aromatic carbocycles. The molecule has 1 amide bonds. The number of unbranched alkanes of at least 4 members (excludes halogenated alkanes) is 2. The Morgan fingerprint density at radius 1 is 1.02 bits per heavy atom. The zero-order valence-corrected chi connectivity index (χ0v) is 26.6. The summed E-state index contributed by atoms with van der Waals surface area (Å²) in [6.07, 6.45) is 10.3. The van der Waals surface area contributed by atoms with Gasteiger partial charge in [0.1, 0.15) is 11.4 Å². The van der Waals surface area contributed by atoms with E-state index in [9.17, 15) is 14.7 Å². The van der Waals surface area contributed by atoms with E-state index in [-0.39, 0.29) is 23.7 Å². The monoisotopic (exact) mass is 588 g/mol. The van der Waals surface area contributed by atoms with Crippen LogP contribution in [0.3, 0.4) is 0 Å². The molecule has 0 aromatic heterocycles. The number of ether oxygens (including phenoxy) is 1. The molecule has 1 saturated heterocycles. The van der Waals surface area contributed by atoms with E-state index in [1.807, 2.05) is 12.1 Å². The van der Waals surface area contributed by atoms with Crippen molar-refractivity contribution < 1.29 is 19.4 Å². The summed E-state index contributed by atoms with van der Waals surface area (Å²) in [6, 6.07) is 18.2. The second-order valence-electron chi connectivity index (χ2n) is 14.0. The number of likely N-dealkylation sites (tertiary alicyclic amines) is 1. The first-order valence-corrected chi connectivity index (χ1v) is 16.7. The zero-order chi connectivity index (χ0) is 30.5. The van der Waals surface area contributed by atoms with Crippen LogP contribution in [0.25, 0.3) is 0 Å². The smallest absolute Gasteiger partial charge is 0.303 e. The van der Waals surface area contributed by atoms with E-state index in [0.29, 0.717) is 25.3 Å². The molecule has 1 N–H and O–H groups in total. The number of esters is 1. The number of hydrogen-bond donors (Lipinski definition) is 1. The number of carbonyl (C=O) groups is 2. The largest absolute Gasteiger partial charge is 0.508 e. The molecule has 234 valence electrons.